The van der Waals surface area contributed by atoms with Gasteiger partial charge in [-0.15, -0.1) is 0 Å². The van der Waals surface area contributed by atoms with Crippen LogP contribution in [-0.4, -0.2) is 49.3 Å². The molecule has 6 nitrogen and oxygen atoms in total. The fourth-order valence-electron chi connectivity index (χ4n) is 3.50. The summed E-state index contributed by atoms with van der Waals surface area (Å²) in [5, 5.41) is 13.0. The predicted octanol–water partition coefficient (Wildman–Crippen LogP) is 1.25. The number of amides is 2. The van der Waals surface area contributed by atoms with Gasteiger partial charge in [-0.05, 0) is 44.2 Å². The van der Waals surface area contributed by atoms with E-state index in [9.17, 15) is 14.7 Å². The van der Waals surface area contributed by atoms with Crippen molar-refractivity contribution < 1.29 is 19.4 Å². The van der Waals surface area contributed by atoms with Gasteiger partial charge in [-0.25, -0.2) is 0 Å². The van der Waals surface area contributed by atoms with Crippen LogP contribution in [0, 0.1) is 18.8 Å². The van der Waals surface area contributed by atoms with Gasteiger partial charge in [0.25, 0.3) is 0 Å². The average molecular weight is 346 g/mol. The van der Waals surface area contributed by atoms with Crippen LogP contribution in [-0.2, 0) is 14.3 Å². The second-order valence-electron chi connectivity index (χ2n) is 6.93. The average Bonchev–Trinajstić information content (AvgIpc) is 3.02. The summed E-state index contributed by atoms with van der Waals surface area (Å²) in [5.41, 5.74) is 1.96. The Labute approximate surface area is 148 Å². The highest BCUT2D eigenvalue weighted by Crippen LogP contribution is 2.26. The number of benzene rings is 1. The van der Waals surface area contributed by atoms with E-state index >= 15 is 0 Å². The molecule has 0 bridgehead atoms. The van der Waals surface area contributed by atoms with Crippen molar-refractivity contribution >= 4 is 17.5 Å². The Morgan fingerprint density at radius 3 is 2.64 bits per heavy atom. The number of aliphatic hydroxyl groups is 1. The molecule has 2 aliphatic rings. The van der Waals surface area contributed by atoms with Gasteiger partial charge in [0.15, 0.2) is 0 Å². The molecule has 2 N–H and O–H groups in total. The number of nitrogens with zero attached hydrogens (tertiary/aromatic N) is 1. The van der Waals surface area contributed by atoms with Gasteiger partial charge in [-0.3, -0.25) is 9.59 Å². The molecule has 1 aromatic carbocycles. The van der Waals surface area contributed by atoms with E-state index in [1.807, 2.05) is 31.2 Å². The molecule has 3 rings (SSSR count). The number of aryl methyl sites for hydroxylation is 1. The van der Waals surface area contributed by atoms with Crippen molar-refractivity contribution in [2.24, 2.45) is 11.8 Å². The molecule has 0 unspecified atom stereocenters. The van der Waals surface area contributed by atoms with Gasteiger partial charge in [-0.2, -0.15) is 0 Å². The number of hydrogen-bond acceptors (Lipinski definition) is 4. The van der Waals surface area contributed by atoms with E-state index < -0.39 is 12.0 Å². The maximum Gasteiger partial charge on any atom is 0.239 e. The lowest BCUT2D eigenvalue weighted by Crippen LogP contribution is -2.42. The van der Waals surface area contributed by atoms with E-state index in [2.05, 4.69) is 5.32 Å². The van der Waals surface area contributed by atoms with Gasteiger partial charge >= 0.3 is 0 Å². The maximum absolute atomic E-state index is 12.6. The van der Waals surface area contributed by atoms with Gasteiger partial charge in [0, 0.05) is 32.0 Å². The minimum atomic E-state index is -0.664. The molecule has 0 saturated carbocycles. The third-order valence-corrected chi connectivity index (χ3v) is 5.16. The van der Waals surface area contributed by atoms with E-state index in [0.717, 1.165) is 24.1 Å². The Hall–Kier alpha value is -1.92. The fraction of sp³-hybridized carbons (Fsp3) is 0.579. The number of hydrogen-bond donors (Lipinski definition) is 2. The second kappa shape index (κ2) is 7.97. The smallest absolute Gasteiger partial charge is 0.239 e. The molecule has 2 fully saturated rings. The standard InChI is InChI=1S/C19H26N2O4/c1-13-2-4-15(5-3-13)21-9-6-16(19(21)24)18(23)20-12-17(22)14-7-10-25-11-8-14/h2-5,14,16-17,22H,6-12H2,1H3,(H,20,23)/t16-,17-/m1/s1. The van der Waals surface area contributed by atoms with Gasteiger partial charge in [-0.1, -0.05) is 17.7 Å². The highest BCUT2D eigenvalue weighted by atomic mass is 16.5. The van der Waals surface area contributed by atoms with Gasteiger partial charge < -0.3 is 20.1 Å². The molecule has 0 radical (unpaired) electrons. The highest BCUT2D eigenvalue weighted by Gasteiger charge is 2.37. The number of anilines is 1. The van der Waals surface area contributed by atoms with E-state index in [0.29, 0.717) is 26.2 Å². The number of nitrogens with one attached hydrogen (secondary N) is 1. The molecule has 0 aromatic heterocycles. The fourth-order valence-corrected chi connectivity index (χ4v) is 3.50. The Bertz CT molecular complexity index is 610. The summed E-state index contributed by atoms with van der Waals surface area (Å²) in [4.78, 5) is 26.6. The van der Waals surface area contributed by atoms with Crippen LogP contribution in [0.5, 0.6) is 0 Å². The number of aliphatic hydroxyl groups excluding tert-OH is 1. The lowest BCUT2D eigenvalue weighted by molar-refractivity contribution is -0.132. The number of carbonyl (C=O) groups excluding carboxylic acids is 2. The summed E-state index contributed by atoms with van der Waals surface area (Å²) in [6.45, 7) is 4.04. The number of carbonyl (C=O) groups is 2. The van der Waals surface area contributed by atoms with Gasteiger partial charge in [0.1, 0.15) is 5.92 Å². The SMILES string of the molecule is Cc1ccc(N2CC[C@H](C(=O)NC[C@@H](O)C3CCOCC3)C2=O)cc1. The van der Waals surface area contributed by atoms with Crippen molar-refractivity contribution in [2.75, 3.05) is 31.2 Å². The van der Waals surface area contributed by atoms with Crippen LogP contribution in [0.1, 0.15) is 24.8 Å². The minimum Gasteiger partial charge on any atom is -0.391 e. The summed E-state index contributed by atoms with van der Waals surface area (Å²) in [7, 11) is 0. The molecular formula is C19H26N2O4. The molecule has 2 atom stereocenters. The summed E-state index contributed by atoms with van der Waals surface area (Å²) < 4.78 is 5.28. The Morgan fingerprint density at radius 2 is 1.96 bits per heavy atom. The van der Waals surface area contributed by atoms with Crippen molar-refractivity contribution in [2.45, 2.75) is 32.3 Å². The van der Waals surface area contributed by atoms with Crippen LogP contribution in [0.25, 0.3) is 0 Å². The molecule has 2 heterocycles. The largest absolute Gasteiger partial charge is 0.391 e. The predicted molar refractivity (Wildman–Crippen MR) is 94.2 cm³/mol. The molecule has 136 valence electrons. The zero-order valence-corrected chi connectivity index (χ0v) is 14.6. The zero-order chi connectivity index (χ0) is 17.8. The highest BCUT2D eigenvalue weighted by molar-refractivity contribution is 6.09. The maximum atomic E-state index is 12.6. The zero-order valence-electron chi connectivity index (χ0n) is 14.6. The van der Waals surface area contributed by atoms with Gasteiger partial charge in [0.05, 0.1) is 6.10 Å². The first-order valence-corrected chi connectivity index (χ1v) is 8.98. The lowest BCUT2D eigenvalue weighted by Gasteiger charge is -2.27. The molecule has 2 saturated heterocycles. The van der Waals surface area contributed by atoms with Crippen LogP contribution in [0.15, 0.2) is 24.3 Å². The van der Waals surface area contributed by atoms with Crippen LogP contribution in [0.3, 0.4) is 0 Å². The third-order valence-electron chi connectivity index (χ3n) is 5.16. The summed E-state index contributed by atoms with van der Waals surface area (Å²) in [6.07, 6.45) is 1.53. The van der Waals surface area contributed by atoms with Crippen LogP contribution < -0.4 is 10.2 Å². The summed E-state index contributed by atoms with van der Waals surface area (Å²) in [5.74, 6) is -0.965. The summed E-state index contributed by atoms with van der Waals surface area (Å²) in [6, 6.07) is 7.73. The van der Waals surface area contributed by atoms with Crippen LogP contribution in [0.4, 0.5) is 5.69 Å². The van der Waals surface area contributed by atoms with Crippen molar-refractivity contribution in [1.82, 2.24) is 5.32 Å². The first-order chi connectivity index (χ1) is 12.1. The van der Waals surface area contributed by atoms with Crippen molar-refractivity contribution in [3.05, 3.63) is 29.8 Å². The van der Waals surface area contributed by atoms with Crippen LogP contribution in [0.2, 0.25) is 0 Å². The van der Waals surface area contributed by atoms with Crippen molar-refractivity contribution in [3.63, 3.8) is 0 Å². The molecule has 2 amide bonds. The molecule has 0 aliphatic carbocycles. The van der Waals surface area contributed by atoms with E-state index in [1.165, 1.54) is 0 Å². The Balaban J connectivity index is 1.52. The lowest BCUT2D eigenvalue weighted by atomic mass is 9.94. The van der Waals surface area contributed by atoms with Crippen molar-refractivity contribution in [1.29, 1.82) is 0 Å². The van der Waals surface area contributed by atoms with Crippen LogP contribution >= 0.6 is 0 Å². The molecule has 2 aliphatic heterocycles. The normalized spacial score (nSPS) is 22.9. The minimum absolute atomic E-state index is 0.150. The van der Waals surface area contributed by atoms with E-state index in [1.54, 1.807) is 4.90 Å². The first kappa shape index (κ1) is 17.9. The number of ether oxygens (including phenoxy) is 1. The Kier molecular flexibility index (Phi) is 5.71. The topological polar surface area (TPSA) is 78.9 Å². The molecular weight excluding hydrogens is 320 g/mol. The first-order valence-electron chi connectivity index (χ1n) is 8.98. The monoisotopic (exact) mass is 346 g/mol. The number of rotatable bonds is 5. The van der Waals surface area contributed by atoms with Gasteiger partial charge in [0.2, 0.25) is 11.8 Å². The molecule has 1 aromatic rings. The molecule has 25 heavy (non-hydrogen) atoms. The van der Waals surface area contributed by atoms with E-state index in [4.69, 9.17) is 4.74 Å². The third kappa shape index (κ3) is 4.19. The van der Waals surface area contributed by atoms with E-state index in [-0.39, 0.29) is 24.3 Å². The summed E-state index contributed by atoms with van der Waals surface area (Å²) >= 11 is 0. The van der Waals surface area contributed by atoms with Crippen molar-refractivity contribution in [3.8, 4) is 0 Å². The Morgan fingerprint density at radius 1 is 1.28 bits per heavy atom. The second-order valence-corrected chi connectivity index (χ2v) is 6.93. The quantitative estimate of drug-likeness (QED) is 0.787. The molecule has 0 spiro atoms. The molecule has 6 heteroatoms.